The molecule has 0 spiro atoms. The molecule has 0 aromatic rings. The molecule has 0 aromatic carbocycles. The Morgan fingerprint density at radius 3 is 2.09 bits per heavy atom. The first kappa shape index (κ1) is 32.7. The molecule has 4 unspecified atom stereocenters. The SMILES string of the molecule is CCC(C)(C)C(=O)OC(C)C(F)(F)F.CCC(C)C(=O)OCCOC(=O)C1CCCCC1OC=O. The lowest BCUT2D eigenvalue weighted by molar-refractivity contribution is -0.221. The van der Waals surface area contributed by atoms with E-state index in [-0.39, 0.29) is 31.1 Å². The van der Waals surface area contributed by atoms with Gasteiger partial charge in [0.15, 0.2) is 6.10 Å². The van der Waals surface area contributed by atoms with Crippen LogP contribution in [-0.4, -0.2) is 56.0 Å². The van der Waals surface area contributed by atoms with Gasteiger partial charge in [-0.1, -0.05) is 27.2 Å². The molecule has 0 amide bonds. The summed E-state index contributed by atoms with van der Waals surface area (Å²) in [5.74, 6) is -2.04. The molecule has 0 saturated heterocycles. The number of ether oxygens (including phenoxy) is 4. The second-order valence-corrected chi connectivity index (χ2v) is 9.13. The maximum atomic E-state index is 12.0. The Kier molecular flexibility index (Phi) is 14.6. The standard InChI is InChI=1S/C15H24O6.C9H15F3O2/c1-3-11(2)14(17)19-8-9-20-15(18)12-6-4-5-7-13(12)21-10-16;1-5-8(3,4)7(13)14-6(2)9(10,11)12/h10-13H,3-9H2,1-2H3;6H,5H2,1-4H3. The number of rotatable bonds is 11. The van der Waals surface area contributed by atoms with Crippen LogP contribution in [0.2, 0.25) is 0 Å². The van der Waals surface area contributed by atoms with Crippen LogP contribution in [0, 0.1) is 17.3 Å². The molecular weight excluding hydrogens is 473 g/mol. The van der Waals surface area contributed by atoms with Gasteiger partial charge in [-0.3, -0.25) is 19.2 Å². The molecule has 1 rings (SSSR count). The normalized spacial score (nSPS) is 19.8. The second-order valence-electron chi connectivity index (χ2n) is 9.13. The summed E-state index contributed by atoms with van der Waals surface area (Å²) in [6.45, 7) is 9.82. The minimum atomic E-state index is -4.49. The first-order valence-electron chi connectivity index (χ1n) is 11.9. The number of hydrogen-bond donors (Lipinski definition) is 0. The summed E-state index contributed by atoms with van der Waals surface area (Å²) in [4.78, 5) is 45.1. The van der Waals surface area contributed by atoms with E-state index in [0.717, 1.165) is 19.8 Å². The third-order valence-corrected chi connectivity index (χ3v) is 6.00. The lowest BCUT2D eigenvalue weighted by atomic mass is 9.86. The summed E-state index contributed by atoms with van der Waals surface area (Å²) in [6.07, 6.45) is -2.57. The van der Waals surface area contributed by atoms with Gasteiger partial charge in [-0.25, -0.2) is 0 Å². The third kappa shape index (κ3) is 12.3. The van der Waals surface area contributed by atoms with Crippen LogP contribution in [0.3, 0.4) is 0 Å². The van der Waals surface area contributed by atoms with E-state index in [1.807, 2.05) is 6.92 Å². The summed E-state index contributed by atoms with van der Waals surface area (Å²) >= 11 is 0. The van der Waals surface area contributed by atoms with Crippen molar-refractivity contribution in [1.82, 2.24) is 0 Å². The first-order valence-corrected chi connectivity index (χ1v) is 11.9. The zero-order valence-electron chi connectivity index (χ0n) is 21.4. The van der Waals surface area contributed by atoms with Crippen molar-refractivity contribution in [1.29, 1.82) is 0 Å². The molecule has 1 aliphatic rings. The summed E-state index contributed by atoms with van der Waals surface area (Å²) in [6, 6.07) is 0. The van der Waals surface area contributed by atoms with Crippen LogP contribution in [0.15, 0.2) is 0 Å². The Bertz CT molecular complexity index is 678. The van der Waals surface area contributed by atoms with Crippen molar-refractivity contribution in [2.45, 2.75) is 98.5 Å². The number of hydrogen-bond acceptors (Lipinski definition) is 8. The fourth-order valence-electron chi connectivity index (χ4n) is 2.83. The van der Waals surface area contributed by atoms with Gasteiger partial charge in [0, 0.05) is 0 Å². The van der Waals surface area contributed by atoms with E-state index < -0.39 is 35.7 Å². The molecule has 0 bridgehead atoms. The van der Waals surface area contributed by atoms with Gasteiger partial charge in [0.05, 0.1) is 17.3 Å². The zero-order chi connectivity index (χ0) is 27.2. The van der Waals surface area contributed by atoms with Gasteiger partial charge in [0.1, 0.15) is 19.3 Å². The number of carbonyl (C=O) groups excluding carboxylic acids is 4. The molecule has 0 aromatic heterocycles. The maximum absolute atomic E-state index is 12.0. The molecule has 1 saturated carbocycles. The molecule has 1 fully saturated rings. The fraction of sp³-hybridized carbons (Fsp3) is 0.833. The van der Waals surface area contributed by atoms with E-state index in [1.54, 1.807) is 27.7 Å². The van der Waals surface area contributed by atoms with Crippen LogP contribution < -0.4 is 0 Å². The lowest BCUT2D eigenvalue weighted by Gasteiger charge is -2.28. The van der Waals surface area contributed by atoms with Crippen LogP contribution in [0.1, 0.15) is 80.1 Å². The quantitative estimate of drug-likeness (QED) is 0.169. The number of halogens is 3. The molecule has 1 aliphatic carbocycles. The Morgan fingerprint density at radius 1 is 1.00 bits per heavy atom. The Hall–Kier alpha value is -2.33. The number of carbonyl (C=O) groups is 4. The highest BCUT2D eigenvalue weighted by molar-refractivity contribution is 5.76. The van der Waals surface area contributed by atoms with Crippen LogP contribution in [0.5, 0.6) is 0 Å². The second kappa shape index (κ2) is 15.6. The average Bonchev–Trinajstić information content (AvgIpc) is 2.81. The van der Waals surface area contributed by atoms with Gasteiger partial charge in [-0.2, -0.15) is 13.2 Å². The smallest absolute Gasteiger partial charge is 0.425 e. The third-order valence-electron chi connectivity index (χ3n) is 6.00. The predicted octanol–water partition coefficient (Wildman–Crippen LogP) is 4.77. The average molecular weight is 513 g/mol. The molecule has 0 N–H and O–H groups in total. The summed E-state index contributed by atoms with van der Waals surface area (Å²) in [7, 11) is 0. The first-order chi connectivity index (χ1) is 16.2. The summed E-state index contributed by atoms with van der Waals surface area (Å²) < 4.78 is 55.4. The molecule has 11 heteroatoms. The van der Waals surface area contributed by atoms with E-state index in [9.17, 15) is 32.3 Å². The Balaban J connectivity index is 0.000000720. The van der Waals surface area contributed by atoms with E-state index in [4.69, 9.17) is 14.2 Å². The van der Waals surface area contributed by atoms with E-state index in [1.165, 1.54) is 0 Å². The van der Waals surface area contributed by atoms with Crippen molar-refractivity contribution in [3.8, 4) is 0 Å². The van der Waals surface area contributed by atoms with Gasteiger partial charge in [-0.15, -0.1) is 0 Å². The van der Waals surface area contributed by atoms with Gasteiger partial charge in [-0.05, 0) is 52.9 Å². The van der Waals surface area contributed by atoms with E-state index >= 15 is 0 Å². The topological polar surface area (TPSA) is 105 Å². The lowest BCUT2D eigenvalue weighted by Crippen LogP contribution is -2.36. The van der Waals surface area contributed by atoms with Gasteiger partial charge >= 0.3 is 24.1 Å². The van der Waals surface area contributed by atoms with Gasteiger partial charge in [0.2, 0.25) is 0 Å². The minimum Gasteiger partial charge on any atom is -0.464 e. The van der Waals surface area contributed by atoms with Crippen LogP contribution in [0.25, 0.3) is 0 Å². The molecule has 204 valence electrons. The Morgan fingerprint density at radius 2 is 1.57 bits per heavy atom. The van der Waals surface area contributed by atoms with E-state index in [0.29, 0.717) is 32.2 Å². The van der Waals surface area contributed by atoms with Crippen molar-refractivity contribution in [3.05, 3.63) is 0 Å². The molecule has 0 heterocycles. The maximum Gasteiger partial charge on any atom is 0.425 e. The van der Waals surface area contributed by atoms with Crippen molar-refractivity contribution >= 4 is 24.4 Å². The highest BCUT2D eigenvalue weighted by Crippen LogP contribution is 2.28. The van der Waals surface area contributed by atoms with Crippen LogP contribution in [0.4, 0.5) is 13.2 Å². The van der Waals surface area contributed by atoms with Crippen LogP contribution in [-0.2, 0) is 38.1 Å². The molecule has 35 heavy (non-hydrogen) atoms. The predicted molar refractivity (Wildman–Crippen MR) is 120 cm³/mol. The largest absolute Gasteiger partial charge is 0.464 e. The monoisotopic (exact) mass is 512 g/mol. The molecule has 0 aliphatic heterocycles. The van der Waals surface area contributed by atoms with E-state index in [2.05, 4.69) is 4.74 Å². The highest BCUT2D eigenvalue weighted by atomic mass is 19.4. The number of esters is 3. The molecular formula is C24H39F3O8. The van der Waals surface area contributed by atoms with Crippen molar-refractivity contribution < 1.29 is 51.3 Å². The van der Waals surface area contributed by atoms with Crippen molar-refractivity contribution in [3.63, 3.8) is 0 Å². The van der Waals surface area contributed by atoms with Gasteiger partial charge in [0.25, 0.3) is 6.47 Å². The minimum absolute atomic E-state index is 0.0331. The number of alkyl halides is 3. The summed E-state index contributed by atoms with van der Waals surface area (Å²) in [5.41, 5.74) is -0.862. The fourth-order valence-corrected chi connectivity index (χ4v) is 2.83. The summed E-state index contributed by atoms with van der Waals surface area (Å²) in [5, 5.41) is 0. The molecule has 4 atom stereocenters. The molecule has 8 nitrogen and oxygen atoms in total. The van der Waals surface area contributed by atoms with Crippen molar-refractivity contribution in [2.24, 2.45) is 17.3 Å². The Labute approximate surface area is 205 Å². The molecule has 0 radical (unpaired) electrons. The zero-order valence-corrected chi connectivity index (χ0v) is 21.4. The van der Waals surface area contributed by atoms with Crippen molar-refractivity contribution in [2.75, 3.05) is 13.2 Å². The highest BCUT2D eigenvalue weighted by Gasteiger charge is 2.41. The van der Waals surface area contributed by atoms with Crippen LogP contribution >= 0.6 is 0 Å². The van der Waals surface area contributed by atoms with Gasteiger partial charge < -0.3 is 18.9 Å².